The first-order valence-electron chi connectivity index (χ1n) is 8.84. The third-order valence-electron chi connectivity index (χ3n) is 5.11. The molecule has 0 bridgehead atoms. The van der Waals surface area contributed by atoms with E-state index in [1.165, 1.54) is 24.0 Å². The Balaban J connectivity index is 1.58. The molecule has 1 aromatic heterocycles. The summed E-state index contributed by atoms with van der Waals surface area (Å²) < 4.78 is 0. The van der Waals surface area contributed by atoms with Crippen LogP contribution < -0.4 is 10.6 Å². The van der Waals surface area contributed by atoms with Crippen molar-refractivity contribution in [1.29, 1.82) is 0 Å². The highest BCUT2D eigenvalue weighted by Crippen LogP contribution is 2.41. The summed E-state index contributed by atoms with van der Waals surface area (Å²) in [5.74, 6) is -1.18. The number of anilines is 1. The molecular formula is C20H24N2O2S. The number of aryl methyl sites for hydroxylation is 1. The van der Waals surface area contributed by atoms with Gasteiger partial charge in [-0.05, 0) is 59.3 Å². The first kappa shape index (κ1) is 17.7. The molecule has 1 saturated carbocycles. The molecule has 1 aliphatic rings. The van der Waals surface area contributed by atoms with E-state index >= 15 is 0 Å². The predicted molar refractivity (Wildman–Crippen MR) is 102 cm³/mol. The Hall–Kier alpha value is -2.14. The molecule has 1 fully saturated rings. The average molecular weight is 356 g/mol. The Labute approximate surface area is 152 Å². The molecule has 2 amide bonds. The van der Waals surface area contributed by atoms with Crippen LogP contribution in [0.5, 0.6) is 0 Å². The minimum Gasteiger partial charge on any atom is -0.347 e. The second-order valence-electron chi connectivity index (χ2n) is 6.69. The molecule has 1 heterocycles. The van der Waals surface area contributed by atoms with Gasteiger partial charge in [0.1, 0.15) is 0 Å². The van der Waals surface area contributed by atoms with E-state index in [-0.39, 0.29) is 5.41 Å². The van der Waals surface area contributed by atoms with Gasteiger partial charge in [-0.3, -0.25) is 9.59 Å². The lowest BCUT2D eigenvalue weighted by atomic mass is 9.80. The van der Waals surface area contributed by atoms with Crippen molar-refractivity contribution < 1.29 is 9.59 Å². The van der Waals surface area contributed by atoms with Gasteiger partial charge in [0, 0.05) is 17.6 Å². The van der Waals surface area contributed by atoms with Gasteiger partial charge in [-0.15, -0.1) is 0 Å². The maximum absolute atomic E-state index is 12.2. The quantitative estimate of drug-likeness (QED) is 0.799. The van der Waals surface area contributed by atoms with Crippen molar-refractivity contribution in [2.45, 2.75) is 44.4 Å². The summed E-state index contributed by atoms with van der Waals surface area (Å²) in [5, 5.41) is 9.75. The van der Waals surface area contributed by atoms with E-state index in [2.05, 4.69) is 34.4 Å². The van der Waals surface area contributed by atoms with Crippen LogP contribution in [-0.4, -0.2) is 18.4 Å². The lowest BCUT2D eigenvalue weighted by Gasteiger charge is -2.28. The first-order chi connectivity index (χ1) is 12.1. The maximum Gasteiger partial charge on any atom is 0.313 e. The number of hydrogen-bond donors (Lipinski definition) is 2. The summed E-state index contributed by atoms with van der Waals surface area (Å²) in [6, 6.07) is 9.70. The normalized spacial score (nSPS) is 15.7. The average Bonchev–Trinajstić information content (AvgIpc) is 3.32. The Bertz CT molecular complexity index is 717. The van der Waals surface area contributed by atoms with E-state index in [1.807, 2.05) is 24.3 Å². The zero-order valence-electron chi connectivity index (χ0n) is 14.5. The summed E-state index contributed by atoms with van der Waals surface area (Å²) in [6.45, 7) is 2.60. The van der Waals surface area contributed by atoms with Crippen LogP contribution in [0, 0.1) is 0 Å². The highest BCUT2D eigenvalue weighted by molar-refractivity contribution is 7.08. The van der Waals surface area contributed by atoms with Gasteiger partial charge in [0.05, 0.1) is 0 Å². The van der Waals surface area contributed by atoms with E-state index in [1.54, 1.807) is 11.3 Å². The number of carbonyl (C=O) groups is 2. The number of amides is 2. The van der Waals surface area contributed by atoms with Crippen molar-refractivity contribution in [2.75, 3.05) is 11.9 Å². The van der Waals surface area contributed by atoms with E-state index in [4.69, 9.17) is 0 Å². The van der Waals surface area contributed by atoms with Gasteiger partial charge >= 0.3 is 11.8 Å². The fourth-order valence-corrected chi connectivity index (χ4v) is 4.31. The molecule has 0 atom stereocenters. The lowest BCUT2D eigenvalue weighted by molar-refractivity contribution is -0.136. The SMILES string of the molecule is CCc1ccc(NC(=O)C(=O)NCC2(c3ccsc3)CCCC2)cc1. The van der Waals surface area contributed by atoms with E-state index in [0.717, 1.165) is 19.3 Å². The molecule has 0 aliphatic heterocycles. The predicted octanol–water partition coefficient (Wildman–Crippen LogP) is 3.88. The summed E-state index contributed by atoms with van der Waals surface area (Å²) in [5.41, 5.74) is 3.11. The second-order valence-corrected chi connectivity index (χ2v) is 7.47. The summed E-state index contributed by atoms with van der Waals surface area (Å²) in [7, 11) is 0. The van der Waals surface area contributed by atoms with Gasteiger partial charge in [0.15, 0.2) is 0 Å². The zero-order valence-corrected chi connectivity index (χ0v) is 15.3. The van der Waals surface area contributed by atoms with Crippen LogP contribution in [0.1, 0.15) is 43.7 Å². The zero-order chi connectivity index (χ0) is 17.7. The van der Waals surface area contributed by atoms with Gasteiger partial charge in [0.2, 0.25) is 0 Å². The number of hydrogen-bond acceptors (Lipinski definition) is 3. The van der Waals surface area contributed by atoms with Crippen LogP contribution in [0.15, 0.2) is 41.1 Å². The number of carbonyl (C=O) groups excluding carboxylic acids is 2. The van der Waals surface area contributed by atoms with Crippen LogP contribution in [0.25, 0.3) is 0 Å². The standard InChI is InChI=1S/C20H24N2O2S/c1-2-15-5-7-17(8-6-15)22-19(24)18(23)21-14-20(10-3-4-11-20)16-9-12-25-13-16/h5-9,12-13H,2-4,10-11,14H2,1H3,(H,21,23)(H,22,24). The number of thiophene rings is 1. The van der Waals surface area contributed by atoms with Crippen LogP contribution in [0.3, 0.4) is 0 Å². The van der Waals surface area contributed by atoms with Gasteiger partial charge in [0.25, 0.3) is 0 Å². The largest absolute Gasteiger partial charge is 0.347 e. The Morgan fingerprint density at radius 3 is 2.40 bits per heavy atom. The molecule has 2 aromatic rings. The minimum absolute atomic E-state index is 0.0152. The fraction of sp³-hybridized carbons (Fsp3) is 0.400. The van der Waals surface area contributed by atoms with E-state index in [0.29, 0.717) is 12.2 Å². The molecule has 5 heteroatoms. The Kier molecular flexibility index (Phi) is 5.53. The van der Waals surface area contributed by atoms with Gasteiger partial charge < -0.3 is 10.6 Å². The van der Waals surface area contributed by atoms with Crippen LogP contribution in [0.2, 0.25) is 0 Å². The highest BCUT2D eigenvalue weighted by atomic mass is 32.1. The van der Waals surface area contributed by atoms with Crippen molar-refractivity contribution in [2.24, 2.45) is 0 Å². The molecule has 0 saturated heterocycles. The van der Waals surface area contributed by atoms with E-state index in [9.17, 15) is 9.59 Å². The molecule has 2 N–H and O–H groups in total. The lowest BCUT2D eigenvalue weighted by Crippen LogP contribution is -2.43. The number of benzene rings is 1. The Morgan fingerprint density at radius 1 is 1.08 bits per heavy atom. The third kappa shape index (κ3) is 4.10. The maximum atomic E-state index is 12.2. The third-order valence-corrected chi connectivity index (χ3v) is 5.79. The molecule has 1 aromatic carbocycles. The number of rotatable bonds is 5. The fourth-order valence-electron chi connectivity index (χ4n) is 3.53. The Morgan fingerprint density at radius 2 is 1.80 bits per heavy atom. The second kappa shape index (κ2) is 7.83. The summed E-state index contributed by atoms with van der Waals surface area (Å²) in [6.07, 6.45) is 5.40. The molecule has 0 radical (unpaired) electrons. The molecule has 1 aliphatic carbocycles. The van der Waals surface area contributed by atoms with Crippen LogP contribution in [-0.2, 0) is 21.4 Å². The summed E-state index contributed by atoms with van der Waals surface area (Å²) >= 11 is 1.68. The molecule has 25 heavy (non-hydrogen) atoms. The first-order valence-corrected chi connectivity index (χ1v) is 9.78. The van der Waals surface area contributed by atoms with E-state index < -0.39 is 11.8 Å². The van der Waals surface area contributed by atoms with Gasteiger partial charge in [-0.2, -0.15) is 11.3 Å². The smallest absolute Gasteiger partial charge is 0.313 e. The van der Waals surface area contributed by atoms with Crippen molar-refractivity contribution >= 4 is 28.8 Å². The minimum atomic E-state index is -0.609. The van der Waals surface area contributed by atoms with Gasteiger partial charge in [-0.25, -0.2) is 0 Å². The molecule has 0 spiro atoms. The van der Waals surface area contributed by atoms with Crippen LogP contribution >= 0.6 is 11.3 Å². The molecule has 132 valence electrons. The monoisotopic (exact) mass is 356 g/mol. The van der Waals surface area contributed by atoms with Gasteiger partial charge in [-0.1, -0.05) is 31.9 Å². The van der Waals surface area contributed by atoms with Crippen molar-refractivity contribution in [3.8, 4) is 0 Å². The topological polar surface area (TPSA) is 58.2 Å². The van der Waals surface area contributed by atoms with Crippen LogP contribution in [0.4, 0.5) is 5.69 Å². The molecular weight excluding hydrogens is 332 g/mol. The molecule has 3 rings (SSSR count). The van der Waals surface area contributed by atoms with Crippen molar-refractivity contribution in [1.82, 2.24) is 5.32 Å². The number of nitrogens with one attached hydrogen (secondary N) is 2. The summed E-state index contributed by atoms with van der Waals surface area (Å²) in [4.78, 5) is 24.4. The molecule has 4 nitrogen and oxygen atoms in total. The highest BCUT2D eigenvalue weighted by Gasteiger charge is 2.36. The molecule has 0 unspecified atom stereocenters. The van der Waals surface area contributed by atoms with Crippen molar-refractivity contribution in [3.05, 3.63) is 52.2 Å². The van der Waals surface area contributed by atoms with Crippen molar-refractivity contribution in [3.63, 3.8) is 0 Å².